The van der Waals surface area contributed by atoms with Gasteiger partial charge in [-0.15, -0.1) is 0 Å². The van der Waals surface area contributed by atoms with Crippen molar-refractivity contribution in [1.82, 2.24) is 0 Å². The molecule has 4 heterocycles. The number of benzene rings is 3. The smallest absolute Gasteiger partial charge is 0.139 e. The Morgan fingerprint density at radius 1 is 0.607 bits per heavy atom. The summed E-state index contributed by atoms with van der Waals surface area (Å²) >= 11 is 0. The van der Waals surface area contributed by atoms with Gasteiger partial charge in [-0.3, -0.25) is 0 Å². The van der Waals surface area contributed by atoms with E-state index >= 15 is 0 Å². The molecule has 3 aromatic rings. The molecule has 0 fully saturated rings. The van der Waals surface area contributed by atoms with Crippen molar-refractivity contribution < 1.29 is 9.47 Å². The Labute approximate surface area is 163 Å². The molecule has 0 spiro atoms. The summed E-state index contributed by atoms with van der Waals surface area (Å²) in [4.78, 5) is 0. The molecule has 0 saturated heterocycles. The minimum absolute atomic E-state index is 0.0777. The van der Waals surface area contributed by atoms with Crippen molar-refractivity contribution in [3.8, 4) is 0 Å². The molecule has 0 aromatic heterocycles. The van der Waals surface area contributed by atoms with Crippen LogP contribution >= 0.6 is 0 Å². The Hall–Kier alpha value is -2.94. The molecule has 4 bridgehead atoms. The number of rotatable bonds is 2. The van der Waals surface area contributed by atoms with Crippen LogP contribution in [0.1, 0.15) is 45.6 Å². The van der Waals surface area contributed by atoms with E-state index in [1.165, 1.54) is 33.4 Å². The molecule has 0 aliphatic carbocycles. The molecule has 3 aromatic carbocycles. The van der Waals surface area contributed by atoms with E-state index in [9.17, 15) is 0 Å². The van der Waals surface area contributed by atoms with Gasteiger partial charge in [0.1, 0.15) is 23.4 Å². The van der Waals surface area contributed by atoms with E-state index in [1.807, 2.05) is 0 Å². The fourth-order valence-electron chi connectivity index (χ4n) is 5.38. The highest BCUT2D eigenvalue weighted by molar-refractivity contribution is 5.65. The third kappa shape index (κ3) is 1.63. The molecular formula is C26H18O2. The summed E-state index contributed by atoms with van der Waals surface area (Å²) in [6, 6.07) is 25.8. The zero-order valence-corrected chi connectivity index (χ0v) is 15.2. The van der Waals surface area contributed by atoms with Gasteiger partial charge in [-0.25, -0.2) is 0 Å². The molecule has 4 aliphatic heterocycles. The second-order valence-electron chi connectivity index (χ2n) is 8.03. The van der Waals surface area contributed by atoms with E-state index in [0.29, 0.717) is 0 Å². The minimum atomic E-state index is -0.549. The second-order valence-corrected chi connectivity index (χ2v) is 8.03. The monoisotopic (exact) mass is 362 g/mol. The average Bonchev–Trinajstić information content (AvgIpc) is 3.53. The summed E-state index contributed by atoms with van der Waals surface area (Å²) in [6.07, 6.45) is 8.99. The number of hydrogen-bond donors (Lipinski definition) is 0. The normalized spacial score (nSPS) is 32.7. The molecule has 0 saturated carbocycles. The molecule has 4 unspecified atom stereocenters. The van der Waals surface area contributed by atoms with Crippen molar-refractivity contribution in [1.29, 1.82) is 0 Å². The Morgan fingerprint density at radius 3 is 1.54 bits per heavy atom. The lowest BCUT2D eigenvalue weighted by atomic mass is 9.74. The van der Waals surface area contributed by atoms with Crippen molar-refractivity contribution in [2.45, 2.75) is 23.4 Å². The van der Waals surface area contributed by atoms with Crippen molar-refractivity contribution >= 4 is 0 Å². The van der Waals surface area contributed by atoms with E-state index < -0.39 is 11.2 Å². The highest BCUT2D eigenvalue weighted by atomic mass is 16.5. The first kappa shape index (κ1) is 15.0. The van der Waals surface area contributed by atoms with E-state index in [-0.39, 0.29) is 12.2 Å². The highest BCUT2D eigenvalue weighted by Crippen LogP contribution is 2.61. The second kappa shape index (κ2) is 4.91. The fourth-order valence-corrected chi connectivity index (χ4v) is 5.38. The first-order valence-corrected chi connectivity index (χ1v) is 9.84. The lowest BCUT2D eigenvalue weighted by Gasteiger charge is -2.27. The van der Waals surface area contributed by atoms with Crippen LogP contribution in [0.15, 0.2) is 97.1 Å². The van der Waals surface area contributed by atoms with Crippen LogP contribution in [-0.4, -0.2) is 0 Å². The van der Waals surface area contributed by atoms with Crippen LogP contribution in [0, 0.1) is 0 Å². The third-order valence-electron chi connectivity index (χ3n) is 6.67. The zero-order chi connectivity index (χ0) is 18.3. The summed E-state index contributed by atoms with van der Waals surface area (Å²) < 4.78 is 13.1. The molecule has 2 nitrogen and oxygen atoms in total. The summed E-state index contributed by atoms with van der Waals surface area (Å²) in [5.41, 5.74) is 6.30. The van der Waals surface area contributed by atoms with Gasteiger partial charge >= 0.3 is 0 Å². The van der Waals surface area contributed by atoms with Gasteiger partial charge in [-0.1, -0.05) is 72.8 Å². The lowest BCUT2D eigenvalue weighted by molar-refractivity contribution is -0.0238. The van der Waals surface area contributed by atoms with Crippen LogP contribution in [0.4, 0.5) is 0 Å². The summed E-state index contributed by atoms with van der Waals surface area (Å²) in [5.74, 6) is 0. The maximum atomic E-state index is 6.99. The average molecular weight is 362 g/mol. The summed E-state index contributed by atoms with van der Waals surface area (Å²) in [7, 11) is 0. The van der Waals surface area contributed by atoms with Crippen molar-refractivity contribution in [2.75, 3.05) is 0 Å². The zero-order valence-electron chi connectivity index (χ0n) is 15.2. The van der Waals surface area contributed by atoms with E-state index in [4.69, 9.17) is 9.47 Å². The molecule has 28 heavy (non-hydrogen) atoms. The van der Waals surface area contributed by atoms with Gasteiger partial charge in [0.15, 0.2) is 0 Å². The largest absolute Gasteiger partial charge is 0.357 e. The third-order valence-corrected chi connectivity index (χ3v) is 6.67. The van der Waals surface area contributed by atoms with Crippen LogP contribution in [0.25, 0.3) is 0 Å². The summed E-state index contributed by atoms with van der Waals surface area (Å²) in [5, 5.41) is 0. The Morgan fingerprint density at radius 2 is 1.07 bits per heavy atom. The molecule has 2 heteroatoms. The van der Waals surface area contributed by atoms with Gasteiger partial charge in [-0.2, -0.15) is 0 Å². The molecule has 0 radical (unpaired) electrons. The van der Waals surface area contributed by atoms with Gasteiger partial charge in [0.05, 0.1) is 0 Å². The van der Waals surface area contributed by atoms with Crippen LogP contribution in [0.3, 0.4) is 0 Å². The lowest BCUT2D eigenvalue weighted by Crippen LogP contribution is -2.25. The highest BCUT2D eigenvalue weighted by Gasteiger charge is 2.58. The van der Waals surface area contributed by atoms with Crippen molar-refractivity contribution in [3.05, 3.63) is 130 Å². The number of hydrogen-bond acceptors (Lipinski definition) is 2. The molecular weight excluding hydrogens is 344 g/mol. The van der Waals surface area contributed by atoms with E-state index in [0.717, 1.165) is 0 Å². The quantitative estimate of drug-likeness (QED) is 0.564. The van der Waals surface area contributed by atoms with E-state index in [1.54, 1.807) is 0 Å². The van der Waals surface area contributed by atoms with Gasteiger partial charge < -0.3 is 9.47 Å². The first-order chi connectivity index (χ1) is 13.8. The Balaban J connectivity index is 1.54. The minimum Gasteiger partial charge on any atom is -0.357 e. The van der Waals surface area contributed by atoms with Crippen molar-refractivity contribution in [3.63, 3.8) is 0 Å². The van der Waals surface area contributed by atoms with Crippen LogP contribution in [-0.2, 0) is 20.7 Å². The van der Waals surface area contributed by atoms with Crippen LogP contribution in [0.5, 0.6) is 0 Å². The maximum Gasteiger partial charge on any atom is 0.139 e. The molecule has 4 atom stereocenters. The molecule has 4 aliphatic rings. The molecule has 0 N–H and O–H groups in total. The number of fused-ring (bicyclic) bond motifs is 10. The van der Waals surface area contributed by atoms with Gasteiger partial charge in [0.2, 0.25) is 0 Å². The molecule has 7 rings (SSSR count). The number of ether oxygens (including phenoxy) is 2. The van der Waals surface area contributed by atoms with Crippen LogP contribution < -0.4 is 0 Å². The fraction of sp³-hybridized carbons (Fsp3) is 0.154. The first-order valence-electron chi connectivity index (χ1n) is 9.84. The van der Waals surface area contributed by atoms with E-state index in [2.05, 4.69) is 97.1 Å². The maximum absolute atomic E-state index is 6.99. The topological polar surface area (TPSA) is 18.5 Å². The van der Waals surface area contributed by atoms with Crippen molar-refractivity contribution in [2.24, 2.45) is 0 Å². The predicted octanol–water partition coefficient (Wildman–Crippen LogP) is 5.46. The SMILES string of the molecule is C1=CC2OC1c1cc3c(cc12)C1(c2ccccc2)C=CC3(c2ccccc2)O1. The summed E-state index contributed by atoms with van der Waals surface area (Å²) in [6.45, 7) is 0. The Kier molecular flexibility index (Phi) is 2.64. The predicted molar refractivity (Wildman–Crippen MR) is 107 cm³/mol. The standard InChI is InChI=1S/C26H18O2/c1-3-7-17(8-4-1)25-13-14-26(28-25,18-9-5-2-6-10-18)22-16-20-19(15-21(22)25)23-11-12-24(20)27-23/h1-16,23-24H. The van der Waals surface area contributed by atoms with Gasteiger partial charge in [0, 0.05) is 0 Å². The molecule has 134 valence electrons. The van der Waals surface area contributed by atoms with Gasteiger partial charge in [0.25, 0.3) is 0 Å². The Bertz CT molecular complexity index is 1090. The van der Waals surface area contributed by atoms with Gasteiger partial charge in [-0.05, 0) is 57.7 Å². The van der Waals surface area contributed by atoms with Crippen LogP contribution in [0.2, 0.25) is 0 Å². The molecule has 0 amide bonds.